The molecule has 4 heteroatoms. The number of hydrogen-bond donors (Lipinski definition) is 0. The Morgan fingerprint density at radius 3 is 2.26 bits per heavy atom. The summed E-state index contributed by atoms with van der Waals surface area (Å²) in [4.78, 5) is 8.96. The third-order valence-electron chi connectivity index (χ3n) is 5.13. The third kappa shape index (κ3) is 11.1. The van der Waals surface area contributed by atoms with Crippen molar-refractivity contribution in [3.63, 3.8) is 0 Å². The summed E-state index contributed by atoms with van der Waals surface area (Å²) in [5.41, 5.74) is 2.41. The van der Waals surface area contributed by atoms with Gasteiger partial charge in [0.15, 0.2) is 11.6 Å². The molecule has 0 spiro atoms. The highest BCUT2D eigenvalue weighted by Gasteiger charge is 2.03. The van der Waals surface area contributed by atoms with Crippen LogP contribution in [0.25, 0.3) is 11.4 Å². The topological polar surface area (TPSA) is 44.2 Å². The second-order valence-electron chi connectivity index (χ2n) is 7.94. The SMILES string of the molecule is CCC=CCCCCCOc1cnc(-c2ccc(CCCCCOCCC)cc2)nc1. The quantitative estimate of drug-likeness (QED) is 0.199. The molecule has 0 aliphatic rings. The Bertz CT molecular complexity index is 711. The molecule has 31 heavy (non-hydrogen) atoms. The van der Waals surface area contributed by atoms with Gasteiger partial charge in [-0.25, -0.2) is 9.97 Å². The Balaban J connectivity index is 1.64. The standard InChI is InChI=1S/C27H40N2O2/c1-3-5-6-7-8-9-13-21-31-26-22-28-27(29-23-26)25-17-15-24(16-18-25)14-11-10-12-20-30-19-4-2/h5-6,15-18,22-23H,3-4,7-14,19-21H2,1-2H3. The van der Waals surface area contributed by atoms with Crippen molar-refractivity contribution in [1.29, 1.82) is 0 Å². The lowest BCUT2D eigenvalue weighted by atomic mass is 10.0. The van der Waals surface area contributed by atoms with E-state index in [4.69, 9.17) is 9.47 Å². The molecule has 4 nitrogen and oxygen atoms in total. The first kappa shape index (κ1) is 25.1. The largest absolute Gasteiger partial charge is 0.490 e. The Labute approximate surface area is 189 Å². The summed E-state index contributed by atoms with van der Waals surface area (Å²) in [5, 5.41) is 0. The predicted molar refractivity (Wildman–Crippen MR) is 130 cm³/mol. The van der Waals surface area contributed by atoms with Gasteiger partial charge in [-0.1, -0.05) is 56.7 Å². The van der Waals surface area contributed by atoms with E-state index >= 15 is 0 Å². The van der Waals surface area contributed by atoms with Gasteiger partial charge in [0.05, 0.1) is 19.0 Å². The molecule has 0 radical (unpaired) electrons. The van der Waals surface area contributed by atoms with E-state index in [-0.39, 0.29) is 0 Å². The number of rotatable bonds is 17. The minimum Gasteiger partial charge on any atom is -0.490 e. The summed E-state index contributed by atoms with van der Waals surface area (Å²) in [6.45, 7) is 6.81. The summed E-state index contributed by atoms with van der Waals surface area (Å²) in [6, 6.07) is 8.60. The Morgan fingerprint density at radius 1 is 0.774 bits per heavy atom. The molecule has 0 amide bonds. The molecule has 170 valence electrons. The fourth-order valence-corrected chi connectivity index (χ4v) is 3.33. The molecular formula is C27H40N2O2. The molecule has 0 bridgehead atoms. The van der Waals surface area contributed by atoms with E-state index in [2.05, 4.69) is 60.2 Å². The van der Waals surface area contributed by atoms with Crippen LogP contribution in [-0.4, -0.2) is 29.8 Å². The maximum absolute atomic E-state index is 5.78. The molecule has 0 atom stereocenters. The van der Waals surface area contributed by atoms with Gasteiger partial charge in [0.1, 0.15) is 0 Å². The lowest BCUT2D eigenvalue weighted by Crippen LogP contribution is -1.99. The number of aromatic nitrogens is 2. The number of unbranched alkanes of at least 4 members (excludes halogenated alkanes) is 5. The second-order valence-corrected chi connectivity index (χ2v) is 7.94. The van der Waals surface area contributed by atoms with Gasteiger partial charge in [0.2, 0.25) is 0 Å². The van der Waals surface area contributed by atoms with Crippen LogP contribution in [0, 0.1) is 0 Å². The zero-order valence-electron chi connectivity index (χ0n) is 19.5. The first-order chi connectivity index (χ1) is 15.3. The Hall–Kier alpha value is -2.20. The van der Waals surface area contributed by atoms with Crippen LogP contribution in [0.3, 0.4) is 0 Å². The summed E-state index contributed by atoms with van der Waals surface area (Å²) < 4.78 is 11.3. The van der Waals surface area contributed by atoms with Crippen molar-refractivity contribution in [2.45, 2.75) is 78.1 Å². The monoisotopic (exact) mass is 424 g/mol. The molecule has 0 fully saturated rings. The molecule has 2 aromatic rings. The maximum Gasteiger partial charge on any atom is 0.159 e. The number of benzene rings is 1. The third-order valence-corrected chi connectivity index (χ3v) is 5.13. The Morgan fingerprint density at radius 2 is 1.52 bits per heavy atom. The lowest BCUT2D eigenvalue weighted by Gasteiger charge is -2.07. The van der Waals surface area contributed by atoms with Gasteiger partial charge >= 0.3 is 0 Å². The zero-order valence-corrected chi connectivity index (χ0v) is 19.5. The smallest absolute Gasteiger partial charge is 0.159 e. The van der Waals surface area contributed by atoms with Crippen molar-refractivity contribution >= 4 is 0 Å². The highest BCUT2D eigenvalue weighted by molar-refractivity contribution is 5.55. The van der Waals surface area contributed by atoms with E-state index in [1.807, 2.05) is 0 Å². The van der Waals surface area contributed by atoms with Crippen LogP contribution in [0.2, 0.25) is 0 Å². The number of nitrogens with zero attached hydrogens (tertiary/aromatic N) is 2. The minimum atomic E-state index is 0.722. The van der Waals surface area contributed by atoms with E-state index in [1.165, 1.54) is 37.7 Å². The molecular weight excluding hydrogens is 384 g/mol. The second kappa shape index (κ2) is 16.5. The molecule has 1 aromatic heterocycles. The van der Waals surface area contributed by atoms with Gasteiger partial charge < -0.3 is 9.47 Å². The molecule has 0 saturated heterocycles. The maximum atomic E-state index is 5.78. The normalized spacial score (nSPS) is 11.3. The van der Waals surface area contributed by atoms with Crippen LogP contribution in [-0.2, 0) is 11.2 Å². The summed E-state index contributed by atoms with van der Waals surface area (Å²) in [5.74, 6) is 1.49. The lowest BCUT2D eigenvalue weighted by molar-refractivity contribution is 0.130. The molecule has 1 heterocycles. The van der Waals surface area contributed by atoms with Crippen LogP contribution >= 0.6 is 0 Å². The summed E-state index contributed by atoms with van der Waals surface area (Å²) in [7, 11) is 0. The minimum absolute atomic E-state index is 0.722. The Kier molecular flexibility index (Phi) is 13.3. The zero-order chi connectivity index (χ0) is 22.0. The molecule has 1 aromatic carbocycles. The van der Waals surface area contributed by atoms with Crippen molar-refractivity contribution in [1.82, 2.24) is 9.97 Å². The van der Waals surface area contributed by atoms with Gasteiger partial charge in [0, 0.05) is 18.8 Å². The van der Waals surface area contributed by atoms with Gasteiger partial charge in [-0.2, -0.15) is 0 Å². The molecule has 0 aliphatic heterocycles. The first-order valence-electron chi connectivity index (χ1n) is 12.1. The fraction of sp³-hybridized carbons (Fsp3) is 0.556. The summed E-state index contributed by atoms with van der Waals surface area (Å²) in [6.07, 6.45) is 19.6. The average Bonchev–Trinajstić information content (AvgIpc) is 2.81. The number of allylic oxidation sites excluding steroid dienone is 2. The molecule has 0 unspecified atom stereocenters. The molecule has 0 saturated carbocycles. The number of hydrogen-bond acceptors (Lipinski definition) is 4. The fourth-order valence-electron chi connectivity index (χ4n) is 3.33. The number of ether oxygens (including phenoxy) is 2. The number of aryl methyl sites for hydroxylation is 1. The molecule has 0 N–H and O–H groups in total. The van der Waals surface area contributed by atoms with Gasteiger partial charge in [-0.15, -0.1) is 0 Å². The molecule has 2 rings (SSSR count). The highest BCUT2D eigenvalue weighted by Crippen LogP contribution is 2.18. The van der Waals surface area contributed by atoms with E-state index in [9.17, 15) is 0 Å². The van der Waals surface area contributed by atoms with Crippen molar-refractivity contribution < 1.29 is 9.47 Å². The van der Waals surface area contributed by atoms with E-state index < -0.39 is 0 Å². The van der Waals surface area contributed by atoms with E-state index in [1.54, 1.807) is 12.4 Å². The van der Waals surface area contributed by atoms with E-state index in [0.717, 1.165) is 69.1 Å². The van der Waals surface area contributed by atoms with Crippen molar-refractivity contribution in [3.05, 3.63) is 54.4 Å². The average molecular weight is 425 g/mol. The van der Waals surface area contributed by atoms with E-state index in [0.29, 0.717) is 0 Å². The first-order valence-corrected chi connectivity index (χ1v) is 12.1. The van der Waals surface area contributed by atoms with Crippen LogP contribution in [0.15, 0.2) is 48.8 Å². The van der Waals surface area contributed by atoms with Crippen molar-refractivity contribution in [2.24, 2.45) is 0 Å². The van der Waals surface area contributed by atoms with Gasteiger partial charge in [0.25, 0.3) is 0 Å². The predicted octanol–water partition coefficient (Wildman–Crippen LogP) is 7.19. The summed E-state index contributed by atoms with van der Waals surface area (Å²) >= 11 is 0. The van der Waals surface area contributed by atoms with Crippen molar-refractivity contribution in [2.75, 3.05) is 19.8 Å². The van der Waals surface area contributed by atoms with Crippen LogP contribution in [0.4, 0.5) is 0 Å². The highest BCUT2D eigenvalue weighted by atomic mass is 16.5. The van der Waals surface area contributed by atoms with Gasteiger partial charge in [-0.3, -0.25) is 0 Å². The van der Waals surface area contributed by atoms with Crippen molar-refractivity contribution in [3.8, 4) is 17.1 Å². The van der Waals surface area contributed by atoms with Crippen LogP contribution in [0.1, 0.15) is 77.2 Å². The van der Waals surface area contributed by atoms with Gasteiger partial charge in [-0.05, 0) is 63.4 Å². The van der Waals surface area contributed by atoms with Crippen LogP contribution < -0.4 is 4.74 Å². The molecule has 0 aliphatic carbocycles. The van der Waals surface area contributed by atoms with Crippen LogP contribution in [0.5, 0.6) is 5.75 Å².